The molecule has 1 heterocycles. The van der Waals surface area contributed by atoms with E-state index in [1.54, 1.807) is 17.6 Å². The van der Waals surface area contributed by atoms with Gasteiger partial charge < -0.3 is 10.2 Å². The highest BCUT2D eigenvalue weighted by atomic mass is 16.7. The van der Waals surface area contributed by atoms with E-state index in [2.05, 4.69) is 10.2 Å². The first kappa shape index (κ1) is 9.71. The lowest BCUT2D eigenvalue weighted by atomic mass is 10.5. The lowest BCUT2D eigenvalue weighted by molar-refractivity contribution is -0.528. The Kier molecular flexibility index (Phi) is 3.19. The standard InChI is InChI=1S/C6H7N5O3/c7-6(10-11(12)13)9-8-4-5-2-1-3-14-5/h1-4H,(H3,7,9,10)/p+1. The highest BCUT2D eigenvalue weighted by molar-refractivity contribution is 5.76. The fourth-order valence-electron chi connectivity index (χ4n) is 0.657. The molecular weight excluding hydrogens is 190 g/mol. The van der Waals surface area contributed by atoms with Crippen LogP contribution in [0.25, 0.3) is 0 Å². The summed E-state index contributed by atoms with van der Waals surface area (Å²) >= 11 is 0. The Bertz CT molecular complexity index is 356. The van der Waals surface area contributed by atoms with Crippen molar-refractivity contribution in [2.75, 3.05) is 0 Å². The Balaban J connectivity index is 2.49. The van der Waals surface area contributed by atoms with E-state index >= 15 is 0 Å². The highest BCUT2D eigenvalue weighted by Crippen LogP contribution is 1.91. The summed E-state index contributed by atoms with van der Waals surface area (Å²) in [5.41, 5.74) is 6.76. The lowest BCUT2D eigenvalue weighted by Crippen LogP contribution is -2.64. The van der Waals surface area contributed by atoms with Crippen molar-refractivity contribution < 1.29 is 14.6 Å². The lowest BCUT2D eigenvalue weighted by Gasteiger charge is -1.87. The Hall–Kier alpha value is -2.38. The Morgan fingerprint density at radius 3 is 3.21 bits per heavy atom. The topological polar surface area (TPSA) is 121 Å². The summed E-state index contributed by atoms with van der Waals surface area (Å²) in [6, 6.07) is 3.37. The summed E-state index contributed by atoms with van der Waals surface area (Å²) in [5.74, 6) is 0.181. The maximum Gasteiger partial charge on any atom is 0.319 e. The van der Waals surface area contributed by atoms with Gasteiger partial charge in [-0.3, -0.25) is 0 Å². The quantitative estimate of drug-likeness (QED) is 0.220. The zero-order valence-corrected chi connectivity index (χ0v) is 7.01. The molecular formula is C6H8N5O3+. The molecule has 1 rings (SSSR count). The summed E-state index contributed by atoms with van der Waals surface area (Å²) < 4.78 is 4.91. The first-order valence-electron chi connectivity index (χ1n) is 3.55. The molecule has 0 radical (unpaired) electrons. The van der Waals surface area contributed by atoms with Crippen LogP contribution in [0.4, 0.5) is 0 Å². The van der Waals surface area contributed by atoms with E-state index in [0.29, 0.717) is 5.76 Å². The van der Waals surface area contributed by atoms with Crippen molar-refractivity contribution in [2.45, 2.75) is 0 Å². The van der Waals surface area contributed by atoms with Gasteiger partial charge in [-0.15, -0.1) is 0 Å². The molecule has 8 heteroatoms. The average molecular weight is 198 g/mol. The molecule has 0 fully saturated rings. The molecule has 0 aliphatic rings. The summed E-state index contributed by atoms with van der Waals surface area (Å²) in [6.45, 7) is 0. The van der Waals surface area contributed by atoms with E-state index in [1.807, 2.05) is 0 Å². The monoisotopic (exact) mass is 198 g/mol. The van der Waals surface area contributed by atoms with Gasteiger partial charge in [0, 0.05) is 5.10 Å². The fourth-order valence-corrected chi connectivity index (χ4v) is 0.657. The molecule has 1 aromatic rings. The number of nitrogens with zero attached hydrogens (tertiary/aromatic N) is 2. The van der Waals surface area contributed by atoms with E-state index in [0.717, 1.165) is 0 Å². The second kappa shape index (κ2) is 4.60. The maximum absolute atomic E-state index is 9.88. The number of rotatable bonds is 3. The molecule has 0 bridgehead atoms. The van der Waals surface area contributed by atoms with Gasteiger partial charge in [0.25, 0.3) is 0 Å². The van der Waals surface area contributed by atoms with Crippen LogP contribution < -0.4 is 16.3 Å². The molecule has 74 valence electrons. The zero-order valence-electron chi connectivity index (χ0n) is 7.01. The maximum atomic E-state index is 9.88. The van der Waals surface area contributed by atoms with Gasteiger partial charge in [-0.05, 0) is 12.1 Å². The minimum Gasteiger partial charge on any atom is -0.459 e. The van der Waals surface area contributed by atoms with Gasteiger partial charge in [0.05, 0.1) is 6.26 Å². The average Bonchev–Trinajstić information content (AvgIpc) is 2.55. The van der Waals surface area contributed by atoms with Gasteiger partial charge >= 0.3 is 5.96 Å². The normalized spacial score (nSPS) is 11.9. The third-order valence-electron chi connectivity index (χ3n) is 1.14. The molecule has 0 aliphatic heterocycles. The minimum atomic E-state index is -0.812. The number of guanidine groups is 1. The number of nitro groups is 1. The van der Waals surface area contributed by atoms with Crippen LogP contribution in [-0.4, -0.2) is 17.2 Å². The molecule has 0 aliphatic carbocycles. The van der Waals surface area contributed by atoms with E-state index in [-0.39, 0.29) is 5.96 Å². The van der Waals surface area contributed by atoms with Crippen LogP contribution in [0, 0.1) is 10.1 Å². The Labute approximate surface area is 78.2 Å². The largest absolute Gasteiger partial charge is 0.459 e. The predicted octanol–water partition coefficient (Wildman–Crippen LogP) is -2.21. The zero-order chi connectivity index (χ0) is 10.4. The van der Waals surface area contributed by atoms with E-state index < -0.39 is 5.03 Å². The van der Waals surface area contributed by atoms with Gasteiger partial charge in [0.2, 0.25) is 6.21 Å². The van der Waals surface area contributed by atoms with Gasteiger partial charge in [0.1, 0.15) is 0 Å². The van der Waals surface area contributed by atoms with Crippen molar-refractivity contribution in [3.8, 4) is 0 Å². The minimum absolute atomic E-state index is 0.349. The fraction of sp³-hybridized carbons (Fsp3) is 0. The third-order valence-corrected chi connectivity index (χ3v) is 1.14. The second-order valence-corrected chi connectivity index (χ2v) is 2.15. The number of hydrogen-bond donors (Lipinski definition) is 3. The molecule has 0 aromatic carbocycles. The van der Waals surface area contributed by atoms with Crippen LogP contribution in [0.2, 0.25) is 0 Å². The molecule has 4 N–H and O–H groups in total. The smallest absolute Gasteiger partial charge is 0.319 e. The van der Waals surface area contributed by atoms with Gasteiger partial charge in [-0.25, -0.2) is 10.1 Å². The van der Waals surface area contributed by atoms with E-state index in [9.17, 15) is 10.1 Å². The van der Waals surface area contributed by atoms with Crippen LogP contribution >= 0.6 is 0 Å². The Morgan fingerprint density at radius 2 is 2.64 bits per heavy atom. The number of hydrogen-bond acceptors (Lipinski definition) is 4. The third kappa shape index (κ3) is 3.34. The molecule has 0 spiro atoms. The second-order valence-electron chi connectivity index (χ2n) is 2.15. The predicted molar refractivity (Wildman–Crippen MR) is 46.6 cm³/mol. The molecule has 8 nitrogen and oxygen atoms in total. The van der Waals surface area contributed by atoms with Crippen molar-refractivity contribution in [3.05, 3.63) is 34.3 Å². The summed E-state index contributed by atoms with van der Waals surface area (Å²) in [5, 5.41) is 14.9. The molecule has 14 heavy (non-hydrogen) atoms. The van der Waals surface area contributed by atoms with Gasteiger partial charge in [-0.2, -0.15) is 0 Å². The highest BCUT2D eigenvalue weighted by Gasteiger charge is 2.00. The molecule has 0 atom stereocenters. The van der Waals surface area contributed by atoms with Gasteiger partial charge in [-0.1, -0.05) is 10.5 Å². The number of hydrazone groups is 1. The van der Waals surface area contributed by atoms with Crippen LogP contribution in [0.1, 0.15) is 5.76 Å². The SMILES string of the molecule is NC(=N[NH+]=Cc1ccco1)N[N+](=O)[O-]. The molecule has 0 saturated carbocycles. The van der Waals surface area contributed by atoms with E-state index in [4.69, 9.17) is 10.2 Å². The number of nitrogens with one attached hydrogen (secondary N) is 2. The van der Waals surface area contributed by atoms with E-state index in [1.165, 1.54) is 12.5 Å². The summed E-state index contributed by atoms with van der Waals surface area (Å²) in [7, 11) is 0. The van der Waals surface area contributed by atoms with Crippen molar-refractivity contribution in [3.63, 3.8) is 0 Å². The van der Waals surface area contributed by atoms with Crippen molar-refractivity contribution in [1.29, 1.82) is 0 Å². The molecule has 0 unspecified atom stereocenters. The molecule has 1 aromatic heterocycles. The Morgan fingerprint density at radius 1 is 1.86 bits per heavy atom. The molecule has 0 saturated heterocycles. The number of hydrazine groups is 1. The number of nitrogens with two attached hydrogens (primary N) is 1. The van der Waals surface area contributed by atoms with Crippen LogP contribution in [0.5, 0.6) is 0 Å². The summed E-state index contributed by atoms with van der Waals surface area (Å²) in [6.07, 6.45) is 2.88. The first-order chi connectivity index (χ1) is 6.68. The van der Waals surface area contributed by atoms with Crippen LogP contribution in [0.3, 0.4) is 0 Å². The first-order valence-corrected chi connectivity index (χ1v) is 3.55. The summed E-state index contributed by atoms with van der Waals surface area (Å²) in [4.78, 5) is 9.88. The van der Waals surface area contributed by atoms with Crippen LogP contribution in [0.15, 0.2) is 27.9 Å². The van der Waals surface area contributed by atoms with Crippen molar-refractivity contribution >= 4 is 12.2 Å². The van der Waals surface area contributed by atoms with Crippen molar-refractivity contribution in [1.82, 2.24) is 5.43 Å². The number of furan rings is 1. The molecule has 0 amide bonds. The van der Waals surface area contributed by atoms with Gasteiger partial charge in [0.15, 0.2) is 10.8 Å². The van der Waals surface area contributed by atoms with Crippen LogP contribution in [-0.2, 0) is 0 Å². The van der Waals surface area contributed by atoms with Crippen molar-refractivity contribution in [2.24, 2.45) is 10.8 Å².